The normalized spacial score (nSPS) is 12.0. The number of carboxylic acid groups (broad SMARTS) is 1. The quantitative estimate of drug-likeness (QED) is 0.480. The second kappa shape index (κ2) is 5.34. The number of H-pyrrole nitrogens is 1. The number of benzene rings is 2. The number of hydrogen-bond acceptors (Lipinski definition) is 6. The zero-order chi connectivity index (χ0) is 17.6. The summed E-state index contributed by atoms with van der Waals surface area (Å²) in [5, 5.41) is 22.4. The summed E-state index contributed by atoms with van der Waals surface area (Å²) in [7, 11) is 1.61. The van der Waals surface area contributed by atoms with E-state index in [9.17, 15) is 24.6 Å². The van der Waals surface area contributed by atoms with Gasteiger partial charge in [-0.25, -0.2) is 9.78 Å². The number of hydrogen-bond donors (Lipinski definition) is 4. The molecule has 0 bridgehead atoms. The first-order valence-electron chi connectivity index (χ1n) is 6.99. The molecule has 0 unspecified atom stereocenters. The van der Waals surface area contributed by atoms with Gasteiger partial charge >= 0.3 is 5.97 Å². The largest absolute Gasteiger partial charge is 0.507 e. The number of rotatable bonds is 2. The van der Waals surface area contributed by atoms with Crippen LogP contribution in [0.25, 0.3) is 28.3 Å². The van der Waals surface area contributed by atoms with Crippen molar-refractivity contribution < 1.29 is 15.0 Å². The maximum Gasteiger partial charge on any atom is 0.337 e. The summed E-state index contributed by atoms with van der Waals surface area (Å²) < 4.78 is 0. The molecule has 0 spiro atoms. The van der Waals surface area contributed by atoms with Gasteiger partial charge in [0.2, 0.25) is 10.9 Å². The number of phenolic OH excluding ortho intramolecular Hbond substituents is 1. The van der Waals surface area contributed by atoms with Crippen molar-refractivity contribution in [3.05, 3.63) is 48.9 Å². The van der Waals surface area contributed by atoms with Crippen molar-refractivity contribution in [2.45, 2.75) is 6.92 Å². The fourth-order valence-corrected chi connectivity index (χ4v) is 2.59. The predicted octanol–water partition coefficient (Wildman–Crippen LogP) is -0.175. The van der Waals surface area contributed by atoms with Gasteiger partial charge in [-0.15, -0.1) is 0 Å². The van der Waals surface area contributed by atoms with Crippen molar-refractivity contribution >= 4 is 34.2 Å². The molecule has 0 aliphatic heterocycles. The Hall–Kier alpha value is -3.42. The van der Waals surface area contributed by atoms with E-state index < -0.39 is 16.8 Å². The highest BCUT2D eigenvalue weighted by molar-refractivity contribution is 6.02. The maximum absolute atomic E-state index is 12.4. The van der Waals surface area contributed by atoms with Crippen molar-refractivity contribution in [1.29, 1.82) is 0 Å². The molecule has 122 valence electrons. The molecule has 2 aromatic carbocycles. The molecule has 3 rings (SSSR count). The molecule has 0 atom stereocenters. The van der Waals surface area contributed by atoms with E-state index in [4.69, 9.17) is 0 Å². The first-order chi connectivity index (χ1) is 11.4. The smallest absolute Gasteiger partial charge is 0.337 e. The fourth-order valence-electron chi connectivity index (χ4n) is 2.59. The zero-order valence-electron chi connectivity index (χ0n) is 12.8. The van der Waals surface area contributed by atoms with Crippen LogP contribution in [0.1, 0.15) is 15.9 Å². The first-order valence-corrected chi connectivity index (χ1v) is 6.99. The minimum atomic E-state index is -1.25. The van der Waals surface area contributed by atoms with Gasteiger partial charge in [-0.3, -0.25) is 9.59 Å². The third-order valence-corrected chi connectivity index (χ3v) is 3.80. The summed E-state index contributed by atoms with van der Waals surface area (Å²) in [6, 6.07) is 2.27. The van der Waals surface area contributed by atoms with Crippen LogP contribution in [0.15, 0.2) is 21.7 Å². The number of aromatic hydroxyl groups is 1. The van der Waals surface area contributed by atoms with Gasteiger partial charge in [-0.2, -0.15) is 0 Å². The molecule has 0 radical (unpaired) electrons. The summed E-state index contributed by atoms with van der Waals surface area (Å²) in [6.07, 6.45) is 1.45. The Morgan fingerprint density at radius 1 is 1.25 bits per heavy atom. The van der Waals surface area contributed by atoms with Gasteiger partial charge in [0.05, 0.1) is 16.3 Å². The topological polar surface area (TPSA) is 132 Å². The van der Waals surface area contributed by atoms with Crippen molar-refractivity contribution in [1.82, 2.24) is 15.3 Å². The van der Waals surface area contributed by atoms with Gasteiger partial charge in [0.1, 0.15) is 22.3 Å². The van der Waals surface area contributed by atoms with Crippen molar-refractivity contribution in [2.75, 3.05) is 7.05 Å². The zero-order valence-corrected chi connectivity index (χ0v) is 12.8. The predicted molar refractivity (Wildman–Crippen MR) is 88.2 cm³/mol. The summed E-state index contributed by atoms with van der Waals surface area (Å²) in [4.78, 5) is 42.7. The number of nitrogens with zero attached hydrogens (tertiary/aromatic N) is 1. The summed E-state index contributed by atoms with van der Waals surface area (Å²) >= 11 is 0. The Bertz CT molecular complexity index is 1180. The van der Waals surface area contributed by atoms with E-state index in [0.29, 0.717) is 0 Å². The summed E-state index contributed by atoms with van der Waals surface area (Å²) in [5.41, 5.74) is -1.11. The molecule has 0 aliphatic carbocycles. The number of aromatic nitrogens is 2. The first kappa shape index (κ1) is 15.5. The van der Waals surface area contributed by atoms with Gasteiger partial charge in [0, 0.05) is 18.8 Å². The lowest BCUT2D eigenvalue weighted by molar-refractivity contribution is 0.0699. The van der Waals surface area contributed by atoms with Crippen LogP contribution in [0, 0.1) is 6.92 Å². The molecule has 0 amide bonds. The summed E-state index contributed by atoms with van der Waals surface area (Å²) in [6.45, 7) is 1.45. The molecule has 0 saturated carbocycles. The van der Waals surface area contributed by atoms with E-state index in [1.165, 1.54) is 13.1 Å². The minimum Gasteiger partial charge on any atom is -0.507 e. The highest BCUT2D eigenvalue weighted by Gasteiger charge is 2.17. The minimum absolute atomic E-state index is 0.0207. The lowest BCUT2D eigenvalue weighted by Crippen LogP contribution is -2.21. The molecule has 8 nitrogen and oxygen atoms in total. The van der Waals surface area contributed by atoms with Crippen LogP contribution >= 0.6 is 0 Å². The van der Waals surface area contributed by atoms with Crippen LogP contribution in [0.3, 0.4) is 0 Å². The van der Waals surface area contributed by atoms with Crippen LogP contribution in [-0.2, 0) is 0 Å². The number of fused-ring (bicyclic) bond motifs is 2. The van der Waals surface area contributed by atoms with Crippen LogP contribution in [-0.4, -0.2) is 33.2 Å². The van der Waals surface area contributed by atoms with E-state index in [2.05, 4.69) is 15.3 Å². The second-order valence-electron chi connectivity index (χ2n) is 5.25. The lowest BCUT2D eigenvalue weighted by atomic mass is 10.1. The molecule has 1 heterocycles. The average Bonchev–Trinajstić information content (AvgIpc) is 2.56. The third kappa shape index (κ3) is 2.08. The molecule has 8 heteroatoms. The molecular formula is C16H13N3O5. The number of carboxylic acids is 1. The number of aromatic amines is 1. The molecule has 3 aromatic rings. The molecule has 0 fully saturated rings. The average molecular weight is 327 g/mol. The monoisotopic (exact) mass is 327 g/mol. The number of nitrogens with one attached hydrogen (secondary N) is 2. The summed E-state index contributed by atoms with van der Waals surface area (Å²) in [5.74, 6) is -1.49. The Morgan fingerprint density at radius 3 is 2.58 bits per heavy atom. The van der Waals surface area contributed by atoms with Crippen LogP contribution in [0.2, 0.25) is 0 Å². The van der Waals surface area contributed by atoms with Gasteiger partial charge in [0.15, 0.2) is 0 Å². The van der Waals surface area contributed by atoms with Gasteiger partial charge in [-0.05, 0) is 19.1 Å². The Labute approximate surface area is 134 Å². The van der Waals surface area contributed by atoms with E-state index in [-0.39, 0.29) is 44.2 Å². The number of phenols is 1. The Morgan fingerprint density at radius 2 is 1.96 bits per heavy atom. The van der Waals surface area contributed by atoms with Crippen LogP contribution in [0.5, 0.6) is 5.75 Å². The van der Waals surface area contributed by atoms with E-state index >= 15 is 0 Å². The van der Waals surface area contributed by atoms with E-state index in [1.54, 1.807) is 7.05 Å². The molecule has 0 aliphatic rings. The standard InChI is InChI=1S/C16H13N3O5/c1-6-14(21)8(5-17-2)11-13(15(6)22)19-10-7(16(23)24)3-4-9(20)12(10)18-11/h3-5,17,19,21H,1-2H3,(H,23,24). The van der Waals surface area contributed by atoms with Crippen molar-refractivity contribution in [2.24, 2.45) is 0 Å². The number of carbonyl (C=O) groups is 1. The molecule has 24 heavy (non-hydrogen) atoms. The van der Waals surface area contributed by atoms with E-state index in [0.717, 1.165) is 12.1 Å². The van der Waals surface area contributed by atoms with Gasteiger partial charge < -0.3 is 20.5 Å². The molecule has 1 aromatic heterocycles. The van der Waals surface area contributed by atoms with Crippen molar-refractivity contribution in [3.8, 4) is 5.75 Å². The maximum atomic E-state index is 12.4. The van der Waals surface area contributed by atoms with Gasteiger partial charge in [0.25, 0.3) is 0 Å². The second-order valence-corrected chi connectivity index (χ2v) is 5.25. The highest BCUT2D eigenvalue weighted by Crippen LogP contribution is 2.17. The lowest BCUT2D eigenvalue weighted by Gasteiger charge is -2.08. The molecule has 0 saturated heterocycles. The Balaban J connectivity index is 2.69. The fraction of sp³-hybridized carbons (Fsp3) is 0.125. The van der Waals surface area contributed by atoms with Gasteiger partial charge in [-0.1, -0.05) is 0 Å². The van der Waals surface area contributed by atoms with Crippen molar-refractivity contribution in [3.63, 3.8) is 0 Å². The Kier molecular flexibility index (Phi) is 3.44. The van der Waals surface area contributed by atoms with Crippen LogP contribution < -0.4 is 21.4 Å². The van der Waals surface area contributed by atoms with Crippen LogP contribution in [0.4, 0.5) is 0 Å². The molecular weight excluding hydrogens is 314 g/mol. The van der Waals surface area contributed by atoms with E-state index in [1.807, 2.05) is 0 Å². The SMILES string of the molecule is CNC=c1c(O)c(C)c(=O)c2[nH]c3c(C(=O)O)ccc(=O)c3nc12. The third-order valence-electron chi connectivity index (χ3n) is 3.80. The highest BCUT2D eigenvalue weighted by atomic mass is 16.4. The number of aromatic carboxylic acids is 1. The molecule has 4 N–H and O–H groups in total.